The predicted octanol–water partition coefficient (Wildman–Crippen LogP) is 2.80. The molecule has 4 rings (SSSR count). The zero-order valence-corrected chi connectivity index (χ0v) is 15.4. The molecule has 2 aromatic carbocycles. The Labute approximate surface area is 160 Å². The molecule has 2 aromatic rings. The highest BCUT2D eigenvalue weighted by atomic mass is 15.3. The average Bonchev–Trinajstić information content (AvgIpc) is 2.89. The van der Waals surface area contributed by atoms with Crippen molar-refractivity contribution in [2.75, 3.05) is 19.6 Å². The maximum Gasteiger partial charge on any atom is 0.150 e. The number of likely N-dealkylation sites (tertiary alicyclic amines) is 1. The standard InChI is InChI=1S/C22H25N5/c23-25-21(26-24)15-27-13-11-18(12-14-27)22-19-7-3-1-5-16(19)9-10-17-6-2-4-8-20(17)22/h1-10H,11-15,23-24H2,(H,25,26). The number of nitrogens with zero attached hydrogens (tertiary/aromatic N) is 2. The van der Waals surface area contributed by atoms with Gasteiger partial charge in [-0.3, -0.25) is 4.90 Å². The number of nitrogens with one attached hydrogen (secondary N) is 1. The number of nitrogens with two attached hydrogens (primary N) is 2. The monoisotopic (exact) mass is 359 g/mol. The fourth-order valence-corrected chi connectivity index (χ4v) is 4.01. The lowest BCUT2D eigenvalue weighted by Gasteiger charge is -2.30. The summed E-state index contributed by atoms with van der Waals surface area (Å²) in [4.78, 5) is 2.34. The summed E-state index contributed by atoms with van der Waals surface area (Å²) in [5, 5.41) is 3.70. The van der Waals surface area contributed by atoms with Gasteiger partial charge in [0.2, 0.25) is 0 Å². The van der Waals surface area contributed by atoms with E-state index in [2.05, 4.69) is 76.1 Å². The van der Waals surface area contributed by atoms with Gasteiger partial charge in [-0.2, -0.15) is 5.10 Å². The van der Waals surface area contributed by atoms with Crippen LogP contribution in [0.3, 0.4) is 0 Å². The summed E-state index contributed by atoms with van der Waals surface area (Å²) in [7, 11) is 0. The molecule has 0 saturated carbocycles. The molecule has 1 saturated heterocycles. The van der Waals surface area contributed by atoms with E-state index in [9.17, 15) is 0 Å². The van der Waals surface area contributed by atoms with Crippen LogP contribution in [-0.4, -0.2) is 30.4 Å². The van der Waals surface area contributed by atoms with Crippen LogP contribution in [-0.2, 0) is 0 Å². The molecule has 5 N–H and O–H groups in total. The van der Waals surface area contributed by atoms with Crippen molar-refractivity contribution in [3.63, 3.8) is 0 Å². The number of hydrogen-bond donors (Lipinski definition) is 3. The van der Waals surface area contributed by atoms with E-state index in [1.165, 1.54) is 33.4 Å². The number of hydrazine groups is 1. The van der Waals surface area contributed by atoms with Crippen molar-refractivity contribution in [3.05, 3.63) is 76.4 Å². The van der Waals surface area contributed by atoms with Gasteiger partial charge in [-0.15, -0.1) is 0 Å². The van der Waals surface area contributed by atoms with Crippen molar-refractivity contribution in [1.82, 2.24) is 10.3 Å². The van der Waals surface area contributed by atoms with Crippen LogP contribution >= 0.6 is 0 Å². The lowest BCUT2D eigenvalue weighted by Crippen LogP contribution is -2.43. The van der Waals surface area contributed by atoms with Crippen LogP contribution in [0.5, 0.6) is 0 Å². The molecule has 5 nitrogen and oxygen atoms in total. The second-order valence-electron chi connectivity index (χ2n) is 6.98. The molecule has 1 aliphatic carbocycles. The zero-order valence-electron chi connectivity index (χ0n) is 15.4. The number of fused-ring (bicyclic) bond motifs is 2. The quantitative estimate of drug-likeness (QED) is 0.284. The van der Waals surface area contributed by atoms with Crippen LogP contribution in [0.25, 0.3) is 17.7 Å². The topological polar surface area (TPSA) is 79.7 Å². The third-order valence-electron chi connectivity index (χ3n) is 5.41. The summed E-state index contributed by atoms with van der Waals surface area (Å²) in [6.45, 7) is 2.60. The largest absolute Gasteiger partial charge is 0.321 e. The number of rotatable bonds is 2. The molecular formula is C22H25N5. The zero-order chi connectivity index (χ0) is 18.6. The first kappa shape index (κ1) is 17.5. The molecule has 2 aliphatic rings. The summed E-state index contributed by atoms with van der Waals surface area (Å²) in [5.41, 5.74) is 10.7. The molecule has 0 bridgehead atoms. The van der Waals surface area contributed by atoms with Gasteiger partial charge < -0.3 is 11.3 Å². The molecule has 138 valence electrons. The first-order chi connectivity index (χ1) is 13.3. The van der Waals surface area contributed by atoms with Crippen LogP contribution in [0.2, 0.25) is 0 Å². The minimum Gasteiger partial charge on any atom is -0.321 e. The summed E-state index contributed by atoms with van der Waals surface area (Å²) < 4.78 is 0. The Kier molecular flexibility index (Phi) is 5.05. The first-order valence-electron chi connectivity index (χ1n) is 9.35. The van der Waals surface area contributed by atoms with Gasteiger partial charge in [-0.1, -0.05) is 66.3 Å². The van der Waals surface area contributed by atoms with Crippen molar-refractivity contribution in [3.8, 4) is 0 Å². The first-order valence-corrected chi connectivity index (χ1v) is 9.35. The van der Waals surface area contributed by atoms with Crippen molar-refractivity contribution >= 4 is 23.6 Å². The Balaban J connectivity index is 1.70. The summed E-state index contributed by atoms with van der Waals surface area (Å²) in [5.74, 6) is 11.4. The maximum atomic E-state index is 5.46. The normalized spacial score (nSPS) is 17.3. The summed E-state index contributed by atoms with van der Waals surface area (Å²) in [6.07, 6.45) is 6.52. The maximum absolute atomic E-state index is 5.46. The van der Waals surface area contributed by atoms with Gasteiger partial charge in [0, 0.05) is 13.1 Å². The van der Waals surface area contributed by atoms with E-state index in [1.807, 2.05) is 0 Å². The fraction of sp³-hybridized carbons (Fsp3) is 0.227. The van der Waals surface area contributed by atoms with Crippen molar-refractivity contribution in [1.29, 1.82) is 0 Å². The molecule has 0 spiro atoms. The number of hydrazone groups is 1. The van der Waals surface area contributed by atoms with Crippen LogP contribution in [0.15, 0.2) is 59.2 Å². The van der Waals surface area contributed by atoms with Crippen LogP contribution < -0.4 is 17.1 Å². The van der Waals surface area contributed by atoms with E-state index in [0.717, 1.165) is 25.9 Å². The Morgan fingerprint density at radius 2 is 1.48 bits per heavy atom. The molecule has 0 unspecified atom stereocenters. The van der Waals surface area contributed by atoms with Gasteiger partial charge in [-0.25, -0.2) is 5.84 Å². The molecule has 1 fully saturated rings. The van der Waals surface area contributed by atoms with Crippen LogP contribution in [0.4, 0.5) is 0 Å². The molecular weight excluding hydrogens is 334 g/mol. The number of benzene rings is 2. The number of amidine groups is 1. The van der Waals surface area contributed by atoms with Crippen molar-refractivity contribution < 1.29 is 0 Å². The Hall–Kier alpha value is -2.89. The number of hydrogen-bond acceptors (Lipinski definition) is 4. The van der Waals surface area contributed by atoms with Crippen molar-refractivity contribution in [2.24, 2.45) is 16.8 Å². The Morgan fingerprint density at radius 1 is 0.926 bits per heavy atom. The van der Waals surface area contributed by atoms with Gasteiger partial charge in [0.05, 0.1) is 6.54 Å². The third-order valence-corrected chi connectivity index (χ3v) is 5.41. The van der Waals surface area contributed by atoms with Gasteiger partial charge in [0.25, 0.3) is 0 Å². The predicted molar refractivity (Wildman–Crippen MR) is 112 cm³/mol. The van der Waals surface area contributed by atoms with E-state index in [0.29, 0.717) is 12.4 Å². The van der Waals surface area contributed by atoms with E-state index in [4.69, 9.17) is 11.7 Å². The molecule has 0 aromatic heterocycles. The minimum absolute atomic E-state index is 0.612. The molecule has 27 heavy (non-hydrogen) atoms. The van der Waals surface area contributed by atoms with Crippen LogP contribution in [0, 0.1) is 0 Å². The van der Waals surface area contributed by atoms with Crippen molar-refractivity contribution in [2.45, 2.75) is 12.8 Å². The van der Waals surface area contributed by atoms with Crippen LogP contribution in [0.1, 0.15) is 35.1 Å². The second-order valence-corrected chi connectivity index (χ2v) is 6.98. The molecule has 1 heterocycles. The SMILES string of the molecule is N/N=C(/CN1CCC(=C2c3ccccc3C=Cc3ccccc32)CC1)NN. The average molecular weight is 359 g/mol. The second kappa shape index (κ2) is 7.78. The van der Waals surface area contributed by atoms with E-state index >= 15 is 0 Å². The Bertz CT molecular complexity index is 864. The van der Waals surface area contributed by atoms with Gasteiger partial charge in [0.1, 0.15) is 5.84 Å². The summed E-state index contributed by atoms with van der Waals surface area (Å²) in [6, 6.07) is 17.4. The highest BCUT2D eigenvalue weighted by Crippen LogP contribution is 2.38. The highest BCUT2D eigenvalue weighted by Gasteiger charge is 2.22. The van der Waals surface area contributed by atoms with Gasteiger partial charge in [-0.05, 0) is 40.7 Å². The van der Waals surface area contributed by atoms with E-state index in [1.54, 1.807) is 0 Å². The van der Waals surface area contributed by atoms with E-state index in [-0.39, 0.29) is 0 Å². The summed E-state index contributed by atoms with van der Waals surface area (Å²) >= 11 is 0. The minimum atomic E-state index is 0.612. The van der Waals surface area contributed by atoms with E-state index < -0.39 is 0 Å². The third kappa shape index (κ3) is 3.52. The lowest BCUT2D eigenvalue weighted by molar-refractivity contribution is 0.289. The Morgan fingerprint density at radius 3 is 2.00 bits per heavy atom. The van der Waals surface area contributed by atoms with Gasteiger partial charge in [0.15, 0.2) is 0 Å². The fourth-order valence-electron chi connectivity index (χ4n) is 4.01. The molecule has 0 amide bonds. The lowest BCUT2D eigenvalue weighted by atomic mass is 9.86. The smallest absolute Gasteiger partial charge is 0.150 e. The molecule has 0 radical (unpaired) electrons. The molecule has 5 heteroatoms. The highest BCUT2D eigenvalue weighted by molar-refractivity contribution is 5.95. The number of piperidine rings is 1. The molecule has 1 aliphatic heterocycles. The molecule has 0 atom stereocenters. The van der Waals surface area contributed by atoms with Gasteiger partial charge >= 0.3 is 0 Å².